The Balaban J connectivity index is 1.91. The van der Waals surface area contributed by atoms with Crippen LogP contribution in [0.1, 0.15) is 40.2 Å². The van der Waals surface area contributed by atoms with Crippen molar-refractivity contribution in [3.8, 4) is 0 Å². The predicted octanol–water partition coefficient (Wildman–Crippen LogP) is 4.18. The van der Waals surface area contributed by atoms with Crippen LogP contribution in [0.4, 0.5) is 18.9 Å². The van der Waals surface area contributed by atoms with Crippen LogP contribution in [0.5, 0.6) is 0 Å². The van der Waals surface area contributed by atoms with Crippen LogP contribution in [0, 0.1) is 6.92 Å². The quantitative estimate of drug-likeness (QED) is 0.370. The minimum absolute atomic E-state index is 0.0480. The van der Waals surface area contributed by atoms with Crippen LogP contribution in [0.15, 0.2) is 35.4 Å². The zero-order chi connectivity index (χ0) is 25.0. The molecule has 2 aromatic heterocycles. The first kappa shape index (κ1) is 25.4. The molecule has 3 aromatic rings. The lowest BCUT2D eigenvalue weighted by Gasteiger charge is -2.18. The van der Waals surface area contributed by atoms with E-state index < -0.39 is 35.2 Å². The van der Waals surface area contributed by atoms with Gasteiger partial charge in [-0.15, -0.1) is 11.3 Å². The SMILES string of the molecule is CCC(C(=O)Nc1cccc(C(F)(F)F)c1)n1cnc2sc(C(=O)OCCOC)c(C)c2c1=O. The number of hydrogen-bond donors (Lipinski definition) is 1. The lowest BCUT2D eigenvalue weighted by molar-refractivity contribution is -0.137. The number of anilines is 1. The maximum Gasteiger partial charge on any atom is 0.416 e. The summed E-state index contributed by atoms with van der Waals surface area (Å²) in [5.41, 5.74) is -1.12. The molecular weight excluding hydrogens is 475 g/mol. The molecule has 1 N–H and O–H groups in total. The van der Waals surface area contributed by atoms with Gasteiger partial charge in [0.25, 0.3) is 5.56 Å². The monoisotopic (exact) mass is 497 g/mol. The van der Waals surface area contributed by atoms with Gasteiger partial charge >= 0.3 is 12.1 Å². The third-order valence-corrected chi connectivity index (χ3v) is 6.24. The van der Waals surface area contributed by atoms with Gasteiger partial charge in [-0.05, 0) is 37.1 Å². The number of methoxy groups -OCH3 is 1. The summed E-state index contributed by atoms with van der Waals surface area (Å²) in [7, 11) is 1.47. The Bertz CT molecular complexity index is 1270. The molecule has 2 heterocycles. The van der Waals surface area contributed by atoms with Crippen molar-refractivity contribution in [2.45, 2.75) is 32.5 Å². The van der Waals surface area contributed by atoms with Crippen LogP contribution in [-0.4, -0.2) is 41.8 Å². The molecule has 0 saturated heterocycles. The minimum Gasteiger partial charge on any atom is -0.459 e. The first-order valence-corrected chi connectivity index (χ1v) is 11.0. The van der Waals surface area contributed by atoms with Crippen LogP contribution in [0.25, 0.3) is 10.2 Å². The number of hydrogen-bond acceptors (Lipinski definition) is 7. The van der Waals surface area contributed by atoms with Crippen LogP contribution in [0.3, 0.4) is 0 Å². The fourth-order valence-electron chi connectivity index (χ4n) is 3.34. The number of carbonyl (C=O) groups is 2. The number of halogens is 3. The van der Waals surface area contributed by atoms with Crippen LogP contribution < -0.4 is 10.9 Å². The molecule has 182 valence electrons. The molecule has 0 saturated carbocycles. The molecule has 34 heavy (non-hydrogen) atoms. The molecule has 0 aliphatic carbocycles. The average Bonchev–Trinajstić information content (AvgIpc) is 3.12. The molecule has 1 aromatic carbocycles. The highest BCUT2D eigenvalue weighted by Crippen LogP contribution is 2.31. The van der Waals surface area contributed by atoms with Gasteiger partial charge in [-0.3, -0.25) is 14.2 Å². The van der Waals surface area contributed by atoms with Crippen molar-refractivity contribution in [1.29, 1.82) is 0 Å². The van der Waals surface area contributed by atoms with Gasteiger partial charge < -0.3 is 14.8 Å². The fourth-order valence-corrected chi connectivity index (χ4v) is 4.38. The van der Waals surface area contributed by atoms with Gasteiger partial charge in [0.1, 0.15) is 22.4 Å². The number of aryl methyl sites for hydroxylation is 1. The molecule has 0 spiro atoms. The smallest absolute Gasteiger partial charge is 0.416 e. The highest BCUT2D eigenvalue weighted by atomic mass is 32.1. The number of nitrogens with one attached hydrogen (secondary N) is 1. The average molecular weight is 497 g/mol. The number of esters is 1. The van der Waals surface area contributed by atoms with E-state index in [-0.39, 0.29) is 35.6 Å². The first-order chi connectivity index (χ1) is 16.1. The molecule has 0 fully saturated rings. The van der Waals surface area contributed by atoms with Gasteiger partial charge in [0.2, 0.25) is 5.91 Å². The van der Waals surface area contributed by atoms with Crippen LogP contribution in [0.2, 0.25) is 0 Å². The van der Waals surface area contributed by atoms with E-state index in [1.165, 1.54) is 25.6 Å². The third-order valence-electron chi connectivity index (χ3n) is 5.06. The number of rotatable bonds is 8. The number of nitrogens with zero attached hydrogens (tertiary/aromatic N) is 2. The highest BCUT2D eigenvalue weighted by Gasteiger charge is 2.31. The molecule has 0 aliphatic heterocycles. The second kappa shape index (κ2) is 10.3. The van der Waals surface area contributed by atoms with Crippen molar-refractivity contribution >= 4 is 39.1 Å². The number of aromatic nitrogens is 2. The standard InChI is InChI=1S/C22H22F3N3O5S/c1-4-15(18(29)27-14-7-5-6-13(10-14)22(23,24)25)28-11-26-19-16(20(28)30)12(2)17(34-19)21(31)33-9-8-32-3/h5-7,10-11,15H,4,8-9H2,1-3H3,(H,27,29). The number of benzene rings is 1. The molecule has 3 rings (SSSR count). The molecule has 1 unspecified atom stereocenters. The van der Waals surface area contributed by atoms with Gasteiger partial charge in [0, 0.05) is 12.8 Å². The Labute approximate surface area is 196 Å². The molecule has 1 atom stereocenters. The molecule has 0 aliphatic rings. The third kappa shape index (κ3) is 5.28. The Morgan fingerprint density at radius 1 is 1.26 bits per heavy atom. The summed E-state index contributed by atoms with van der Waals surface area (Å²) in [6.45, 7) is 3.52. The number of fused-ring (bicyclic) bond motifs is 1. The van der Waals surface area contributed by atoms with Gasteiger partial charge in [-0.25, -0.2) is 9.78 Å². The van der Waals surface area contributed by atoms with E-state index in [0.29, 0.717) is 10.4 Å². The van der Waals surface area contributed by atoms with Gasteiger partial charge in [-0.1, -0.05) is 13.0 Å². The first-order valence-electron chi connectivity index (χ1n) is 10.2. The van der Waals surface area contributed by atoms with Gasteiger partial charge in [0.05, 0.1) is 23.9 Å². The van der Waals surface area contributed by atoms with Crippen molar-refractivity contribution in [3.63, 3.8) is 0 Å². The number of ether oxygens (including phenoxy) is 2. The largest absolute Gasteiger partial charge is 0.459 e. The molecule has 0 bridgehead atoms. The van der Waals surface area contributed by atoms with E-state index in [1.54, 1.807) is 13.8 Å². The maximum absolute atomic E-state index is 13.2. The highest BCUT2D eigenvalue weighted by molar-refractivity contribution is 7.20. The van der Waals surface area contributed by atoms with Crippen molar-refractivity contribution in [3.05, 3.63) is 57.0 Å². The van der Waals surface area contributed by atoms with Crippen LogP contribution >= 0.6 is 11.3 Å². The van der Waals surface area contributed by atoms with E-state index in [0.717, 1.165) is 28.0 Å². The molecule has 12 heteroatoms. The van der Waals surface area contributed by atoms with E-state index in [4.69, 9.17) is 9.47 Å². The summed E-state index contributed by atoms with van der Waals surface area (Å²) in [6.07, 6.45) is -3.19. The summed E-state index contributed by atoms with van der Waals surface area (Å²) >= 11 is 1.00. The Hall–Kier alpha value is -3.25. The van der Waals surface area contributed by atoms with E-state index >= 15 is 0 Å². The second-order valence-corrected chi connectivity index (χ2v) is 8.31. The van der Waals surface area contributed by atoms with Crippen LogP contribution in [-0.2, 0) is 20.4 Å². The summed E-state index contributed by atoms with van der Waals surface area (Å²) < 4.78 is 50.0. The summed E-state index contributed by atoms with van der Waals surface area (Å²) in [4.78, 5) is 43.2. The molecule has 1 amide bonds. The second-order valence-electron chi connectivity index (χ2n) is 7.31. The topological polar surface area (TPSA) is 99.5 Å². The molecular formula is C22H22F3N3O5S. The van der Waals surface area contributed by atoms with E-state index in [9.17, 15) is 27.6 Å². The molecule has 0 radical (unpaired) electrons. The Kier molecular flexibility index (Phi) is 7.72. The van der Waals surface area contributed by atoms with Crippen molar-refractivity contribution in [2.24, 2.45) is 0 Å². The lowest BCUT2D eigenvalue weighted by atomic mass is 10.1. The Morgan fingerprint density at radius 2 is 2.00 bits per heavy atom. The minimum atomic E-state index is -4.56. The summed E-state index contributed by atoms with van der Waals surface area (Å²) in [6, 6.07) is 3.19. The van der Waals surface area contributed by atoms with Gasteiger partial charge in [-0.2, -0.15) is 13.2 Å². The zero-order valence-corrected chi connectivity index (χ0v) is 19.4. The Morgan fingerprint density at radius 3 is 2.65 bits per heavy atom. The lowest BCUT2D eigenvalue weighted by Crippen LogP contribution is -2.33. The normalized spacial score (nSPS) is 12.5. The summed E-state index contributed by atoms with van der Waals surface area (Å²) in [5.74, 6) is -1.28. The van der Waals surface area contributed by atoms with E-state index in [1.807, 2.05) is 0 Å². The van der Waals surface area contributed by atoms with E-state index in [2.05, 4.69) is 10.3 Å². The number of amides is 1. The van der Waals surface area contributed by atoms with Crippen molar-refractivity contribution in [1.82, 2.24) is 9.55 Å². The number of alkyl halides is 3. The van der Waals surface area contributed by atoms with Gasteiger partial charge in [0.15, 0.2) is 0 Å². The number of thiophene rings is 1. The number of carbonyl (C=O) groups excluding carboxylic acids is 2. The summed E-state index contributed by atoms with van der Waals surface area (Å²) in [5, 5.41) is 2.61. The van der Waals surface area contributed by atoms with Crippen molar-refractivity contribution in [2.75, 3.05) is 25.6 Å². The fraction of sp³-hybridized carbons (Fsp3) is 0.364. The predicted molar refractivity (Wildman–Crippen MR) is 120 cm³/mol. The zero-order valence-electron chi connectivity index (χ0n) is 18.6. The molecule has 8 nitrogen and oxygen atoms in total. The maximum atomic E-state index is 13.2. The van der Waals surface area contributed by atoms with Crippen molar-refractivity contribution < 1.29 is 32.2 Å².